The number of carbonyl (C=O) groups excluding carboxylic acids is 1. The van der Waals surface area contributed by atoms with Gasteiger partial charge in [-0.3, -0.25) is 4.79 Å². The Balaban J connectivity index is 1.98. The molecular weight excluding hydrogens is 226 g/mol. The molecule has 1 amide bonds. The van der Waals surface area contributed by atoms with Gasteiger partial charge in [0.15, 0.2) is 0 Å². The van der Waals surface area contributed by atoms with Gasteiger partial charge in [-0.2, -0.15) is 0 Å². The number of hydrogen-bond donors (Lipinski definition) is 1. The number of amides is 1. The van der Waals surface area contributed by atoms with E-state index in [1.165, 1.54) is 0 Å². The van der Waals surface area contributed by atoms with Gasteiger partial charge < -0.3 is 10.2 Å². The molecule has 4 nitrogen and oxygen atoms in total. The van der Waals surface area contributed by atoms with Crippen molar-refractivity contribution < 1.29 is 4.79 Å². The number of likely N-dealkylation sites (tertiary alicyclic amines) is 1. The lowest BCUT2D eigenvalue weighted by Crippen LogP contribution is -2.28. The van der Waals surface area contributed by atoms with Gasteiger partial charge in [-0.25, -0.2) is 4.98 Å². The molecule has 1 aromatic heterocycles. The molecule has 0 spiro atoms. The monoisotopic (exact) mass is 247 g/mol. The van der Waals surface area contributed by atoms with Crippen LogP contribution in [-0.4, -0.2) is 35.4 Å². The highest BCUT2D eigenvalue weighted by molar-refractivity contribution is 5.94. The SMILES string of the molecule is CCCNc1ccc(C(=O)N2CCC(C)C2)cn1. The van der Waals surface area contributed by atoms with Crippen LogP contribution in [0.3, 0.4) is 0 Å². The number of hydrogen-bond acceptors (Lipinski definition) is 3. The highest BCUT2D eigenvalue weighted by Gasteiger charge is 2.24. The molecule has 0 saturated carbocycles. The summed E-state index contributed by atoms with van der Waals surface area (Å²) in [6, 6.07) is 3.73. The third kappa shape index (κ3) is 3.00. The van der Waals surface area contributed by atoms with Crippen molar-refractivity contribution >= 4 is 11.7 Å². The Kier molecular flexibility index (Phi) is 4.18. The van der Waals surface area contributed by atoms with Crippen molar-refractivity contribution in [3.05, 3.63) is 23.9 Å². The smallest absolute Gasteiger partial charge is 0.255 e. The van der Waals surface area contributed by atoms with Gasteiger partial charge in [0.05, 0.1) is 5.56 Å². The lowest BCUT2D eigenvalue weighted by molar-refractivity contribution is 0.0787. The van der Waals surface area contributed by atoms with Crippen LogP contribution in [0.5, 0.6) is 0 Å². The maximum atomic E-state index is 12.2. The molecule has 1 fully saturated rings. The molecule has 1 aliphatic heterocycles. The zero-order chi connectivity index (χ0) is 13.0. The predicted molar refractivity (Wildman–Crippen MR) is 72.7 cm³/mol. The minimum Gasteiger partial charge on any atom is -0.370 e. The Labute approximate surface area is 108 Å². The van der Waals surface area contributed by atoms with E-state index in [9.17, 15) is 4.79 Å². The van der Waals surface area contributed by atoms with Crippen LogP contribution >= 0.6 is 0 Å². The summed E-state index contributed by atoms with van der Waals surface area (Å²) in [5.41, 5.74) is 0.686. The molecule has 98 valence electrons. The molecule has 1 aromatic rings. The van der Waals surface area contributed by atoms with Gasteiger partial charge in [-0.15, -0.1) is 0 Å². The predicted octanol–water partition coefficient (Wildman–Crippen LogP) is 2.39. The molecular formula is C14H21N3O. The Morgan fingerprint density at radius 1 is 1.56 bits per heavy atom. The summed E-state index contributed by atoms with van der Waals surface area (Å²) in [4.78, 5) is 18.4. The first-order chi connectivity index (χ1) is 8.70. The van der Waals surface area contributed by atoms with Gasteiger partial charge in [0, 0.05) is 25.8 Å². The van der Waals surface area contributed by atoms with Gasteiger partial charge in [-0.1, -0.05) is 13.8 Å². The molecule has 1 saturated heterocycles. The molecule has 1 N–H and O–H groups in total. The lowest BCUT2D eigenvalue weighted by atomic mass is 10.2. The summed E-state index contributed by atoms with van der Waals surface area (Å²) in [5, 5.41) is 3.20. The van der Waals surface area contributed by atoms with E-state index in [1.807, 2.05) is 17.0 Å². The summed E-state index contributed by atoms with van der Waals surface area (Å²) >= 11 is 0. The number of aromatic nitrogens is 1. The highest BCUT2D eigenvalue weighted by Crippen LogP contribution is 2.18. The van der Waals surface area contributed by atoms with E-state index in [-0.39, 0.29) is 5.91 Å². The number of pyridine rings is 1. The van der Waals surface area contributed by atoms with Crippen molar-refractivity contribution in [3.8, 4) is 0 Å². The second-order valence-electron chi connectivity index (χ2n) is 5.00. The summed E-state index contributed by atoms with van der Waals surface area (Å²) in [6.45, 7) is 6.94. The molecule has 2 rings (SSSR count). The van der Waals surface area contributed by atoms with Crippen molar-refractivity contribution in [2.45, 2.75) is 26.7 Å². The molecule has 4 heteroatoms. The third-order valence-corrected chi connectivity index (χ3v) is 3.28. The molecule has 1 aliphatic rings. The van der Waals surface area contributed by atoms with Crippen LogP contribution in [0.2, 0.25) is 0 Å². The summed E-state index contributed by atoms with van der Waals surface area (Å²) in [5.74, 6) is 1.56. The van der Waals surface area contributed by atoms with Crippen molar-refractivity contribution in [1.82, 2.24) is 9.88 Å². The molecule has 0 bridgehead atoms. The van der Waals surface area contributed by atoms with Crippen LogP contribution in [0.1, 0.15) is 37.0 Å². The normalized spacial score (nSPS) is 19.0. The molecule has 1 atom stereocenters. The number of rotatable bonds is 4. The fraction of sp³-hybridized carbons (Fsp3) is 0.571. The molecule has 1 unspecified atom stereocenters. The minimum absolute atomic E-state index is 0.105. The van der Waals surface area contributed by atoms with Crippen LogP contribution in [0, 0.1) is 5.92 Å². The number of nitrogens with one attached hydrogen (secondary N) is 1. The maximum Gasteiger partial charge on any atom is 0.255 e. The second-order valence-corrected chi connectivity index (χ2v) is 5.00. The lowest BCUT2D eigenvalue weighted by Gasteiger charge is -2.15. The summed E-state index contributed by atoms with van der Waals surface area (Å²) < 4.78 is 0. The standard InChI is InChI=1S/C14H21N3O/c1-3-7-15-13-5-4-12(9-16-13)14(18)17-8-6-11(2)10-17/h4-5,9,11H,3,6-8,10H2,1-2H3,(H,15,16). The van der Waals surface area contributed by atoms with Crippen molar-refractivity contribution in [3.63, 3.8) is 0 Å². The van der Waals surface area contributed by atoms with Crippen LogP contribution in [-0.2, 0) is 0 Å². The number of nitrogens with zero attached hydrogens (tertiary/aromatic N) is 2. The van der Waals surface area contributed by atoms with Gasteiger partial charge in [0.2, 0.25) is 0 Å². The van der Waals surface area contributed by atoms with Gasteiger partial charge >= 0.3 is 0 Å². The van der Waals surface area contributed by atoms with E-state index < -0.39 is 0 Å². The largest absolute Gasteiger partial charge is 0.370 e. The van der Waals surface area contributed by atoms with E-state index in [0.29, 0.717) is 11.5 Å². The van der Waals surface area contributed by atoms with E-state index >= 15 is 0 Å². The summed E-state index contributed by atoms with van der Waals surface area (Å²) in [7, 11) is 0. The van der Waals surface area contributed by atoms with Gasteiger partial charge in [-0.05, 0) is 30.9 Å². The first kappa shape index (κ1) is 12.9. The zero-order valence-electron chi connectivity index (χ0n) is 11.1. The van der Waals surface area contributed by atoms with Crippen molar-refractivity contribution in [2.75, 3.05) is 25.0 Å². The second kappa shape index (κ2) is 5.85. The first-order valence-corrected chi connectivity index (χ1v) is 6.70. The number of anilines is 1. The average molecular weight is 247 g/mol. The minimum atomic E-state index is 0.105. The van der Waals surface area contributed by atoms with E-state index in [4.69, 9.17) is 0 Å². The highest BCUT2D eigenvalue weighted by atomic mass is 16.2. The van der Waals surface area contributed by atoms with E-state index in [1.54, 1.807) is 6.20 Å². The maximum absolute atomic E-state index is 12.2. The van der Waals surface area contributed by atoms with E-state index in [2.05, 4.69) is 24.1 Å². The Morgan fingerprint density at radius 2 is 2.39 bits per heavy atom. The van der Waals surface area contributed by atoms with Crippen LogP contribution in [0.25, 0.3) is 0 Å². The third-order valence-electron chi connectivity index (χ3n) is 3.28. The zero-order valence-corrected chi connectivity index (χ0v) is 11.1. The molecule has 18 heavy (non-hydrogen) atoms. The Hall–Kier alpha value is -1.58. The van der Waals surface area contributed by atoms with Gasteiger partial charge in [0.25, 0.3) is 5.91 Å². The fourth-order valence-electron chi connectivity index (χ4n) is 2.18. The topological polar surface area (TPSA) is 45.2 Å². The average Bonchev–Trinajstić information content (AvgIpc) is 2.83. The fourth-order valence-corrected chi connectivity index (χ4v) is 2.18. The Morgan fingerprint density at radius 3 is 2.94 bits per heavy atom. The van der Waals surface area contributed by atoms with Crippen LogP contribution in [0.4, 0.5) is 5.82 Å². The van der Waals surface area contributed by atoms with Crippen molar-refractivity contribution in [2.24, 2.45) is 5.92 Å². The van der Waals surface area contributed by atoms with Crippen molar-refractivity contribution in [1.29, 1.82) is 0 Å². The molecule has 0 aliphatic carbocycles. The van der Waals surface area contributed by atoms with Gasteiger partial charge in [0.1, 0.15) is 5.82 Å². The quantitative estimate of drug-likeness (QED) is 0.888. The first-order valence-electron chi connectivity index (χ1n) is 6.70. The van der Waals surface area contributed by atoms with E-state index in [0.717, 1.165) is 38.3 Å². The summed E-state index contributed by atoms with van der Waals surface area (Å²) in [6.07, 6.45) is 3.84. The number of carbonyl (C=O) groups is 1. The Bertz CT molecular complexity index is 402. The molecule has 2 heterocycles. The molecule has 0 aromatic carbocycles. The molecule has 0 radical (unpaired) electrons. The van der Waals surface area contributed by atoms with Crippen LogP contribution < -0.4 is 5.32 Å². The van der Waals surface area contributed by atoms with Crippen LogP contribution in [0.15, 0.2) is 18.3 Å².